The number of thioether (sulfide) groups is 1. The Hall–Kier alpha value is -2.68. The maximum Gasteiger partial charge on any atom is 0.573 e. The van der Waals surface area contributed by atoms with Crippen LogP contribution in [-0.2, 0) is 20.9 Å². The number of carbonyl (C=O) groups is 2. The molecule has 0 heterocycles. The number of hydrogen-bond donors (Lipinski definition) is 1. The number of alkyl halides is 3. The number of carbonyl (C=O) groups excluding carboxylic acids is 2. The van der Waals surface area contributed by atoms with Crippen LogP contribution in [0.15, 0.2) is 59.5 Å². The van der Waals surface area contributed by atoms with Gasteiger partial charge in [-0.2, -0.15) is 0 Å². The molecule has 2 aromatic rings. The Morgan fingerprint density at radius 3 is 2.37 bits per heavy atom. The highest BCUT2D eigenvalue weighted by Gasteiger charge is 2.31. The monoisotopic (exact) mass is 399 g/mol. The van der Waals surface area contributed by atoms with Gasteiger partial charge in [0.05, 0.1) is 5.75 Å². The van der Waals surface area contributed by atoms with Crippen molar-refractivity contribution in [2.45, 2.75) is 17.8 Å². The molecule has 0 fully saturated rings. The third kappa shape index (κ3) is 8.04. The lowest BCUT2D eigenvalue weighted by molar-refractivity contribution is -0.274. The van der Waals surface area contributed by atoms with Gasteiger partial charge in [-0.15, -0.1) is 24.9 Å². The van der Waals surface area contributed by atoms with Crippen molar-refractivity contribution in [2.75, 3.05) is 12.4 Å². The zero-order chi connectivity index (χ0) is 19.7. The lowest BCUT2D eigenvalue weighted by Gasteiger charge is -2.13. The average Bonchev–Trinajstić information content (AvgIpc) is 2.63. The Morgan fingerprint density at radius 2 is 1.67 bits per heavy atom. The molecule has 9 heteroatoms. The number of nitrogens with one attached hydrogen (secondary N) is 1. The van der Waals surface area contributed by atoms with E-state index in [9.17, 15) is 22.8 Å². The van der Waals surface area contributed by atoms with Gasteiger partial charge in [0.15, 0.2) is 6.61 Å². The molecule has 0 radical (unpaired) electrons. The summed E-state index contributed by atoms with van der Waals surface area (Å²) in [5.74, 6) is -1.56. The van der Waals surface area contributed by atoms with E-state index >= 15 is 0 Å². The quantitative estimate of drug-likeness (QED) is 0.543. The molecule has 5 nitrogen and oxygen atoms in total. The molecule has 0 saturated carbocycles. The summed E-state index contributed by atoms with van der Waals surface area (Å²) in [6.07, 6.45) is -4.83. The van der Waals surface area contributed by atoms with E-state index in [-0.39, 0.29) is 17.9 Å². The molecular formula is C18H16F3NO4S. The van der Waals surface area contributed by atoms with Crippen LogP contribution in [0.1, 0.15) is 5.56 Å². The molecule has 0 unspecified atom stereocenters. The van der Waals surface area contributed by atoms with E-state index in [0.717, 1.165) is 11.0 Å². The summed E-state index contributed by atoms with van der Waals surface area (Å²) >= 11 is 1.27. The molecule has 1 N–H and O–H groups in total. The Morgan fingerprint density at radius 1 is 1.00 bits per heavy atom. The number of ether oxygens (including phenoxy) is 2. The zero-order valence-corrected chi connectivity index (χ0v) is 14.8. The van der Waals surface area contributed by atoms with Crippen LogP contribution in [0.2, 0.25) is 0 Å². The molecule has 144 valence electrons. The third-order valence-electron chi connectivity index (χ3n) is 3.14. The second-order valence-electron chi connectivity index (χ2n) is 5.19. The predicted octanol–water partition coefficient (Wildman–Crippen LogP) is 3.54. The van der Waals surface area contributed by atoms with Crippen molar-refractivity contribution in [3.8, 4) is 5.75 Å². The Kier molecular flexibility index (Phi) is 7.54. The molecular weight excluding hydrogens is 383 g/mol. The minimum absolute atomic E-state index is 0.0412. The zero-order valence-electron chi connectivity index (χ0n) is 14.0. The first kappa shape index (κ1) is 20.6. The second-order valence-corrected chi connectivity index (χ2v) is 6.24. The van der Waals surface area contributed by atoms with Crippen molar-refractivity contribution in [3.05, 3.63) is 60.2 Å². The first-order valence-corrected chi connectivity index (χ1v) is 8.76. The van der Waals surface area contributed by atoms with Gasteiger partial charge in [-0.1, -0.05) is 36.4 Å². The Bertz CT molecular complexity index is 769. The van der Waals surface area contributed by atoms with Crippen molar-refractivity contribution < 1.29 is 32.2 Å². The molecule has 2 rings (SSSR count). The Labute approximate surface area is 157 Å². The molecule has 0 spiro atoms. The molecule has 0 aromatic heterocycles. The minimum atomic E-state index is -4.83. The molecule has 2 aromatic carbocycles. The van der Waals surface area contributed by atoms with Crippen LogP contribution in [0.4, 0.5) is 13.2 Å². The first-order valence-electron chi connectivity index (χ1n) is 7.77. The second kappa shape index (κ2) is 9.86. The van der Waals surface area contributed by atoms with Crippen LogP contribution >= 0.6 is 11.8 Å². The molecule has 1 amide bonds. The lowest BCUT2D eigenvalue weighted by atomic mass is 10.2. The van der Waals surface area contributed by atoms with Crippen LogP contribution < -0.4 is 10.1 Å². The normalized spacial score (nSPS) is 10.9. The van der Waals surface area contributed by atoms with Crippen LogP contribution in [0.3, 0.4) is 0 Å². The SMILES string of the molecule is O=C(COC(=O)CSc1ccccc1)NCc1ccccc1OC(F)(F)F. The van der Waals surface area contributed by atoms with Gasteiger partial charge in [-0.25, -0.2) is 0 Å². The van der Waals surface area contributed by atoms with Crippen molar-refractivity contribution in [1.82, 2.24) is 5.32 Å². The molecule has 0 bridgehead atoms. The van der Waals surface area contributed by atoms with Gasteiger partial charge in [-0.05, 0) is 18.2 Å². The maximum absolute atomic E-state index is 12.4. The molecule has 0 aliphatic rings. The maximum atomic E-state index is 12.4. The fourth-order valence-corrected chi connectivity index (χ4v) is 2.68. The van der Waals surface area contributed by atoms with Gasteiger partial charge in [0.1, 0.15) is 5.75 Å². The number of amides is 1. The predicted molar refractivity (Wildman–Crippen MR) is 93.1 cm³/mol. The smallest absolute Gasteiger partial charge is 0.455 e. The fourth-order valence-electron chi connectivity index (χ4n) is 1.97. The number of halogens is 3. The molecule has 0 saturated heterocycles. The molecule has 27 heavy (non-hydrogen) atoms. The van der Waals surface area contributed by atoms with E-state index in [2.05, 4.69) is 10.1 Å². The van der Waals surface area contributed by atoms with Crippen molar-refractivity contribution in [1.29, 1.82) is 0 Å². The summed E-state index contributed by atoms with van der Waals surface area (Å²) in [6.45, 7) is -0.710. The third-order valence-corrected chi connectivity index (χ3v) is 4.12. The van der Waals surface area contributed by atoms with E-state index < -0.39 is 30.6 Å². The highest BCUT2D eigenvalue weighted by Crippen LogP contribution is 2.26. The minimum Gasteiger partial charge on any atom is -0.455 e. The lowest BCUT2D eigenvalue weighted by Crippen LogP contribution is -2.29. The molecule has 0 atom stereocenters. The Balaban J connectivity index is 1.74. The summed E-state index contributed by atoms with van der Waals surface area (Å²) < 4.78 is 45.8. The van der Waals surface area contributed by atoms with Crippen molar-refractivity contribution >= 4 is 23.6 Å². The van der Waals surface area contributed by atoms with Crippen molar-refractivity contribution in [3.63, 3.8) is 0 Å². The summed E-state index contributed by atoms with van der Waals surface area (Å²) in [5.41, 5.74) is 0.147. The van der Waals surface area contributed by atoms with Gasteiger partial charge < -0.3 is 14.8 Å². The number of rotatable bonds is 8. The largest absolute Gasteiger partial charge is 0.573 e. The van der Waals surface area contributed by atoms with Gasteiger partial charge in [0.2, 0.25) is 0 Å². The van der Waals surface area contributed by atoms with Gasteiger partial charge in [0.25, 0.3) is 5.91 Å². The summed E-state index contributed by atoms with van der Waals surface area (Å²) in [4.78, 5) is 24.3. The number of hydrogen-bond acceptors (Lipinski definition) is 5. The van der Waals surface area contributed by atoms with Crippen LogP contribution in [0, 0.1) is 0 Å². The highest BCUT2D eigenvalue weighted by molar-refractivity contribution is 8.00. The summed E-state index contributed by atoms with van der Waals surface area (Å²) in [7, 11) is 0. The number of para-hydroxylation sites is 1. The van der Waals surface area contributed by atoms with Crippen molar-refractivity contribution in [2.24, 2.45) is 0 Å². The summed E-state index contributed by atoms with van der Waals surface area (Å²) in [6, 6.07) is 14.6. The van der Waals surface area contributed by atoms with E-state index in [4.69, 9.17) is 4.74 Å². The van der Waals surface area contributed by atoms with E-state index in [1.807, 2.05) is 30.3 Å². The van der Waals surface area contributed by atoms with Gasteiger partial charge >= 0.3 is 12.3 Å². The van der Waals surface area contributed by atoms with E-state index in [0.29, 0.717) is 0 Å². The van der Waals surface area contributed by atoms with Gasteiger partial charge in [-0.3, -0.25) is 9.59 Å². The summed E-state index contributed by atoms with van der Waals surface area (Å²) in [5, 5.41) is 2.38. The van der Waals surface area contributed by atoms with Crippen LogP contribution in [0.25, 0.3) is 0 Å². The number of esters is 1. The average molecular weight is 399 g/mol. The standard InChI is InChI=1S/C18H16F3NO4S/c19-18(20,21)26-15-9-5-4-6-13(15)10-22-16(23)11-25-17(24)12-27-14-7-2-1-3-8-14/h1-9H,10-12H2,(H,22,23). The van der Waals surface area contributed by atoms with Crippen LogP contribution in [0.5, 0.6) is 5.75 Å². The van der Waals surface area contributed by atoms with Gasteiger partial charge in [0, 0.05) is 17.0 Å². The number of benzene rings is 2. The molecule has 0 aliphatic heterocycles. The van der Waals surface area contributed by atoms with E-state index in [1.165, 1.54) is 30.0 Å². The van der Waals surface area contributed by atoms with Crippen LogP contribution in [-0.4, -0.2) is 30.6 Å². The molecule has 0 aliphatic carbocycles. The topological polar surface area (TPSA) is 64.6 Å². The fraction of sp³-hybridized carbons (Fsp3) is 0.222. The highest BCUT2D eigenvalue weighted by atomic mass is 32.2. The first-order chi connectivity index (χ1) is 12.8. The van der Waals surface area contributed by atoms with E-state index in [1.54, 1.807) is 0 Å².